The molecule has 0 saturated carbocycles. The molecule has 1 aliphatic carbocycles. The zero-order valence-electron chi connectivity index (χ0n) is 14.1. The number of rotatable bonds is 2. The van der Waals surface area contributed by atoms with Gasteiger partial charge >= 0.3 is 0 Å². The highest BCUT2D eigenvalue weighted by Gasteiger charge is 2.46. The number of thioether (sulfide) groups is 2. The van der Waals surface area contributed by atoms with Gasteiger partial charge in [-0.2, -0.15) is 0 Å². The van der Waals surface area contributed by atoms with Gasteiger partial charge in [-0.1, -0.05) is 26.0 Å². The summed E-state index contributed by atoms with van der Waals surface area (Å²) >= 11 is 4.08. The summed E-state index contributed by atoms with van der Waals surface area (Å²) in [7, 11) is 0. The van der Waals surface area contributed by atoms with Crippen LogP contribution in [0.4, 0.5) is 4.39 Å². The number of aryl methyl sites for hydroxylation is 1. The molecule has 1 N–H and O–H groups in total. The molecule has 23 heavy (non-hydrogen) atoms. The van der Waals surface area contributed by atoms with Gasteiger partial charge in [0.1, 0.15) is 5.82 Å². The summed E-state index contributed by atoms with van der Waals surface area (Å²) in [5, 5.41) is 10.0. The van der Waals surface area contributed by atoms with Crippen molar-refractivity contribution < 1.29 is 9.50 Å². The maximum atomic E-state index is 13.7. The van der Waals surface area contributed by atoms with Crippen LogP contribution in [0.1, 0.15) is 37.8 Å². The third kappa shape index (κ3) is 3.35. The molecule has 0 bridgehead atoms. The molecule has 1 spiro atoms. The number of hydrogen-bond donors (Lipinski definition) is 1. The first-order valence-corrected chi connectivity index (χ1v) is 10.2. The number of hydrogen-bond acceptors (Lipinski definition) is 3. The second kappa shape index (κ2) is 6.45. The Bertz CT molecular complexity index is 618. The normalized spacial score (nSPS) is 26.1. The van der Waals surface area contributed by atoms with E-state index in [0.29, 0.717) is 5.56 Å². The van der Waals surface area contributed by atoms with Crippen LogP contribution in [0.5, 0.6) is 0 Å². The van der Waals surface area contributed by atoms with Crippen molar-refractivity contribution in [3.05, 3.63) is 41.2 Å². The summed E-state index contributed by atoms with van der Waals surface area (Å²) in [4.78, 5) is 0. The Morgan fingerprint density at radius 3 is 2.57 bits per heavy atom. The molecule has 126 valence electrons. The second-order valence-electron chi connectivity index (χ2n) is 7.33. The van der Waals surface area contributed by atoms with Crippen LogP contribution in [-0.2, 0) is 0 Å². The van der Waals surface area contributed by atoms with Gasteiger partial charge in [-0.25, -0.2) is 4.39 Å². The first kappa shape index (κ1) is 17.4. The summed E-state index contributed by atoms with van der Waals surface area (Å²) in [6.07, 6.45) is 4.71. The largest absolute Gasteiger partial charge is 0.396 e. The Morgan fingerprint density at radius 2 is 1.96 bits per heavy atom. The highest BCUT2D eigenvalue weighted by Crippen LogP contribution is 2.58. The molecule has 1 aliphatic heterocycles. The topological polar surface area (TPSA) is 20.2 Å². The average molecular weight is 353 g/mol. The van der Waals surface area contributed by atoms with Crippen molar-refractivity contribution in [2.45, 2.75) is 37.7 Å². The van der Waals surface area contributed by atoms with Gasteiger partial charge < -0.3 is 5.11 Å². The molecule has 0 amide bonds. The maximum absolute atomic E-state index is 13.7. The van der Waals surface area contributed by atoms with Crippen LogP contribution in [-0.4, -0.2) is 27.3 Å². The van der Waals surface area contributed by atoms with E-state index in [-0.39, 0.29) is 27.8 Å². The standard InChI is InChI=1S/C19H25FOS2/c1-13-9-14(5-6-17(13)20)15-10-19(22-7-4-8-23-19)12-18(2,3)16(15)11-21/h5-6,9-10,16,21H,4,7-8,11-12H2,1-3H3. The van der Waals surface area contributed by atoms with Crippen LogP contribution in [0.2, 0.25) is 0 Å². The molecule has 0 radical (unpaired) electrons. The van der Waals surface area contributed by atoms with Crippen molar-refractivity contribution in [2.75, 3.05) is 18.1 Å². The Labute approximate surface area is 147 Å². The summed E-state index contributed by atoms with van der Waals surface area (Å²) in [6, 6.07) is 5.34. The Hall–Kier alpha value is -0.450. The monoisotopic (exact) mass is 352 g/mol. The zero-order chi connectivity index (χ0) is 16.7. The maximum Gasteiger partial charge on any atom is 0.126 e. The van der Waals surface area contributed by atoms with Crippen molar-refractivity contribution >= 4 is 29.1 Å². The van der Waals surface area contributed by atoms with Gasteiger partial charge in [0.2, 0.25) is 0 Å². The second-order valence-corrected chi connectivity index (χ2v) is 10.4. The predicted molar refractivity (Wildman–Crippen MR) is 100 cm³/mol. The van der Waals surface area contributed by atoms with Gasteiger partial charge in [-0.3, -0.25) is 0 Å². The smallest absolute Gasteiger partial charge is 0.126 e. The van der Waals surface area contributed by atoms with E-state index >= 15 is 0 Å². The van der Waals surface area contributed by atoms with Crippen LogP contribution < -0.4 is 0 Å². The molecule has 3 rings (SSSR count). The molecule has 0 aromatic heterocycles. The van der Waals surface area contributed by atoms with Gasteiger partial charge in [0.05, 0.1) is 10.7 Å². The minimum Gasteiger partial charge on any atom is -0.396 e. The highest BCUT2D eigenvalue weighted by atomic mass is 32.2. The fourth-order valence-electron chi connectivity index (χ4n) is 3.80. The molecule has 1 aromatic rings. The third-order valence-electron chi connectivity index (χ3n) is 5.05. The SMILES string of the molecule is Cc1cc(C2=CC3(CC(C)(C)C2CO)SCCCS3)ccc1F. The Morgan fingerprint density at radius 1 is 1.26 bits per heavy atom. The van der Waals surface area contributed by atoms with Crippen LogP contribution in [0.15, 0.2) is 24.3 Å². The van der Waals surface area contributed by atoms with E-state index in [1.54, 1.807) is 13.0 Å². The fraction of sp³-hybridized carbons (Fsp3) is 0.579. The first-order valence-electron chi connectivity index (χ1n) is 8.25. The van der Waals surface area contributed by atoms with Gasteiger partial charge in [-0.05, 0) is 65.5 Å². The fourth-order valence-corrected chi connectivity index (χ4v) is 7.45. The van der Waals surface area contributed by atoms with Crippen LogP contribution in [0.25, 0.3) is 5.57 Å². The quantitative estimate of drug-likeness (QED) is 0.797. The minimum atomic E-state index is -0.166. The third-order valence-corrected chi connectivity index (χ3v) is 8.25. The van der Waals surface area contributed by atoms with Crippen LogP contribution in [0.3, 0.4) is 0 Å². The van der Waals surface area contributed by atoms with E-state index in [1.807, 2.05) is 35.7 Å². The lowest BCUT2D eigenvalue weighted by atomic mass is 9.66. The average Bonchev–Trinajstić information content (AvgIpc) is 2.49. The van der Waals surface area contributed by atoms with Gasteiger partial charge in [0.15, 0.2) is 0 Å². The summed E-state index contributed by atoms with van der Waals surface area (Å²) in [5.74, 6) is 2.32. The van der Waals surface area contributed by atoms with Gasteiger partial charge in [0.25, 0.3) is 0 Å². The molecule has 1 atom stereocenters. The molecule has 1 heterocycles. The molecule has 1 saturated heterocycles. The molecular weight excluding hydrogens is 327 g/mol. The molecule has 4 heteroatoms. The van der Waals surface area contributed by atoms with E-state index in [2.05, 4.69) is 19.9 Å². The Kier molecular flexibility index (Phi) is 4.88. The molecule has 1 aromatic carbocycles. The minimum absolute atomic E-state index is 0.0263. The van der Waals surface area contributed by atoms with Gasteiger partial charge in [-0.15, -0.1) is 23.5 Å². The van der Waals surface area contributed by atoms with Crippen molar-refractivity contribution in [1.29, 1.82) is 0 Å². The Balaban J connectivity index is 2.09. The molecule has 1 nitrogen and oxygen atoms in total. The summed E-state index contributed by atoms with van der Waals surface area (Å²) < 4.78 is 13.8. The van der Waals surface area contributed by atoms with Crippen molar-refractivity contribution in [3.8, 4) is 0 Å². The van der Waals surface area contributed by atoms with E-state index in [4.69, 9.17) is 0 Å². The molecule has 1 fully saturated rings. The number of aliphatic hydroxyl groups excluding tert-OH is 1. The van der Waals surface area contributed by atoms with Gasteiger partial charge in [0, 0.05) is 5.92 Å². The highest BCUT2D eigenvalue weighted by molar-refractivity contribution is 8.19. The van der Waals surface area contributed by atoms with E-state index in [9.17, 15) is 9.50 Å². The lowest BCUT2D eigenvalue weighted by Crippen LogP contribution is -2.41. The van der Waals surface area contributed by atoms with Crippen molar-refractivity contribution in [3.63, 3.8) is 0 Å². The van der Waals surface area contributed by atoms with Crippen molar-refractivity contribution in [2.24, 2.45) is 11.3 Å². The lowest BCUT2D eigenvalue weighted by molar-refractivity contribution is 0.144. The van der Waals surface area contributed by atoms with Crippen LogP contribution >= 0.6 is 23.5 Å². The molecular formula is C19H25FOS2. The molecule has 2 aliphatic rings. The van der Waals surface area contributed by atoms with E-state index in [0.717, 1.165) is 12.0 Å². The predicted octanol–water partition coefficient (Wildman–Crippen LogP) is 5.12. The van der Waals surface area contributed by atoms with E-state index < -0.39 is 0 Å². The number of benzene rings is 1. The summed E-state index contributed by atoms with van der Waals surface area (Å²) in [5.41, 5.74) is 2.94. The zero-order valence-corrected chi connectivity index (χ0v) is 15.7. The lowest BCUT2D eigenvalue weighted by Gasteiger charge is -2.48. The van der Waals surface area contributed by atoms with E-state index in [1.165, 1.54) is 23.5 Å². The molecule has 1 unspecified atom stereocenters. The number of halogens is 1. The first-order chi connectivity index (χ1) is 10.9. The van der Waals surface area contributed by atoms with Crippen molar-refractivity contribution in [1.82, 2.24) is 0 Å². The van der Waals surface area contributed by atoms with Crippen LogP contribution in [0, 0.1) is 24.1 Å². The summed E-state index contributed by atoms with van der Waals surface area (Å²) in [6.45, 7) is 6.46. The number of aliphatic hydroxyl groups is 1.